The van der Waals surface area contributed by atoms with Gasteiger partial charge in [-0.1, -0.05) is 48.5 Å². The lowest BCUT2D eigenvalue weighted by Crippen LogP contribution is -2.22. The van der Waals surface area contributed by atoms with E-state index in [-0.39, 0.29) is 12.7 Å². The first-order valence-corrected chi connectivity index (χ1v) is 7.37. The average Bonchev–Trinajstić information content (AvgIpc) is 3.08. The lowest BCUT2D eigenvalue weighted by atomic mass is 10.1. The molecule has 4 heteroatoms. The van der Waals surface area contributed by atoms with Crippen molar-refractivity contribution >= 4 is 5.97 Å². The molecule has 1 atom stereocenters. The highest BCUT2D eigenvalue weighted by Crippen LogP contribution is 2.29. The maximum Gasteiger partial charge on any atom is 0.337 e. The van der Waals surface area contributed by atoms with Gasteiger partial charge in [-0.25, -0.2) is 4.79 Å². The fourth-order valence-corrected chi connectivity index (χ4v) is 2.39. The number of benzene rings is 2. The third-order valence-corrected chi connectivity index (χ3v) is 3.52. The van der Waals surface area contributed by atoms with Crippen LogP contribution in [0, 0.1) is 0 Å². The molecule has 1 saturated heterocycles. The Labute approximate surface area is 129 Å². The molecule has 1 fully saturated rings. The molecule has 0 unspecified atom stereocenters. The van der Waals surface area contributed by atoms with Crippen LogP contribution in [0.15, 0.2) is 54.6 Å². The van der Waals surface area contributed by atoms with Crippen LogP contribution in [0.4, 0.5) is 0 Å². The molecule has 1 heterocycles. The van der Waals surface area contributed by atoms with Crippen LogP contribution in [-0.4, -0.2) is 31.9 Å². The molecule has 22 heavy (non-hydrogen) atoms. The number of para-hydroxylation sites is 1. The van der Waals surface area contributed by atoms with Crippen molar-refractivity contribution in [1.82, 2.24) is 0 Å². The summed E-state index contributed by atoms with van der Waals surface area (Å²) in [4.78, 5) is 12.0. The summed E-state index contributed by atoms with van der Waals surface area (Å²) in [7, 11) is 0. The normalized spacial score (nSPS) is 17.4. The second kappa shape index (κ2) is 7.20. The van der Waals surface area contributed by atoms with E-state index in [0.29, 0.717) is 19.0 Å². The molecular formula is C18H18O4. The first kappa shape index (κ1) is 14.8. The van der Waals surface area contributed by atoms with Gasteiger partial charge in [0.05, 0.1) is 12.7 Å². The molecule has 0 bridgehead atoms. The smallest absolute Gasteiger partial charge is 0.337 e. The molecule has 0 N–H and O–H groups in total. The second-order valence-electron chi connectivity index (χ2n) is 5.13. The van der Waals surface area contributed by atoms with Crippen molar-refractivity contribution in [3.63, 3.8) is 0 Å². The number of hydrogen-bond donors (Lipinski definition) is 0. The maximum atomic E-state index is 12.0. The molecule has 1 aliphatic rings. The van der Waals surface area contributed by atoms with Gasteiger partial charge in [0, 0.05) is 12.2 Å². The Morgan fingerprint density at radius 2 is 1.86 bits per heavy atom. The average molecular weight is 298 g/mol. The molecule has 0 amide bonds. The van der Waals surface area contributed by atoms with E-state index in [1.807, 2.05) is 48.5 Å². The number of hydrogen-bond acceptors (Lipinski definition) is 4. The van der Waals surface area contributed by atoms with E-state index in [1.54, 1.807) is 6.07 Å². The van der Waals surface area contributed by atoms with E-state index >= 15 is 0 Å². The highest BCUT2D eigenvalue weighted by molar-refractivity contribution is 5.78. The fraction of sp³-hybridized carbons (Fsp3) is 0.278. The molecule has 0 aliphatic carbocycles. The van der Waals surface area contributed by atoms with Crippen LogP contribution >= 0.6 is 0 Å². The summed E-state index contributed by atoms with van der Waals surface area (Å²) >= 11 is 0. The first-order valence-electron chi connectivity index (χ1n) is 7.37. The Morgan fingerprint density at radius 3 is 2.64 bits per heavy atom. The predicted molar refractivity (Wildman–Crippen MR) is 82.7 cm³/mol. The largest absolute Gasteiger partial charge is 0.424 e. The van der Waals surface area contributed by atoms with E-state index in [4.69, 9.17) is 14.2 Å². The Balaban J connectivity index is 1.66. The van der Waals surface area contributed by atoms with Crippen molar-refractivity contribution < 1.29 is 19.0 Å². The predicted octanol–water partition coefficient (Wildman–Crippen LogP) is 3.06. The van der Waals surface area contributed by atoms with Crippen molar-refractivity contribution in [3.05, 3.63) is 54.6 Å². The third kappa shape index (κ3) is 3.72. The molecular weight excluding hydrogens is 280 g/mol. The van der Waals surface area contributed by atoms with E-state index in [2.05, 4.69) is 0 Å². The van der Waals surface area contributed by atoms with Gasteiger partial charge in [-0.2, -0.15) is 0 Å². The summed E-state index contributed by atoms with van der Waals surface area (Å²) in [5.41, 5.74) is 1.90. The maximum absolute atomic E-state index is 12.0. The standard InChI is InChI=1S/C18H18O4/c19-18(13-21-15-10-11-20-12-15)22-17-9-5-4-8-16(17)14-6-2-1-3-7-14/h1-9,15H,10-13H2/t15-/m1/s1. The summed E-state index contributed by atoms with van der Waals surface area (Å²) < 4.78 is 16.1. The van der Waals surface area contributed by atoms with Crippen LogP contribution in [0.1, 0.15) is 6.42 Å². The summed E-state index contributed by atoms with van der Waals surface area (Å²) in [6.45, 7) is 1.18. The van der Waals surface area contributed by atoms with Gasteiger partial charge in [0.1, 0.15) is 12.4 Å². The van der Waals surface area contributed by atoms with Gasteiger partial charge < -0.3 is 14.2 Å². The van der Waals surface area contributed by atoms with Crippen LogP contribution in [0.2, 0.25) is 0 Å². The number of ether oxygens (including phenoxy) is 3. The molecule has 0 radical (unpaired) electrons. The van der Waals surface area contributed by atoms with Crippen LogP contribution in [-0.2, 0) is 14.3 Å². The molecule has 0 saturated carbocycles. The minimum absolute atomic E-state index is 0.00285. The van der Waals surface area contributed by atoms with Gasteiger partial charge in [-0.3, -0.25) is 0 Å². The van der Waals surface area contributed by atoms with Gasteiger partial charge in [-0.15, -0.1) is 0 Å². The summed E-state index contributed by atoms with van der Waals surface area (Å²) in [6.07, 6.45) is 0.824. The molecule has 1 aliphatic heterocycles. The summed E-state index contributed by atoms with van der Waals surface area (Å²) in [6, 6.07) is 17.3. The Morgan fingerprint density at radius 1 is 1.09 bits per heavy atom. The lowest BCUT2D eigenvalue weighted by molar-refractivity contribution is -0.141. The highest BCUT2D eigenvalue weighted by atomic mass is 16.6. The molecule has 114 valence electrons. The van der Waals surface area contributed by atoms with Gasteiger partial charge in [-0.05, 0) is 18.1 Å². The van der Waals surface area contributed by atoms with E-state index in [0.717, 1.165) is 17.5 Å². The van der Waals surface area contributed by atoms with Gasteiger partial charge in [0.15, 0.2) is 0 Å². The van der Waals surface area contributed by atoms with Gasteiger partial charge in [0.25, 0.3) is 0 Å². The topological polar surface area (TPSA) is 44.8 Å². The highest BCUT2D eigenvalue weighted by Gasteiger charge is 2.18. The Bertz CT molecular complexity index is 618. The molecule has 2 aromatic rings. The summed E-state index contributed by atoms with van der Waals surface area (Å²) in [5.74, 6) is 0.153. The fourth-order valence-electron chi connectivity index (χ4n) is 2.39. The minimum atomic E-state index is -0.393. The van der Waals surface area contributed by atoms with Crippen LogP contribution in [0.25, 0.3) is 11.1 Å². The van der Waals surface area contributed by atoms with Crippen molar-refractivity contribution in [1.29, 1.82) is 0 Å². The van der Waals surface area contributed by atoms with Crippen LogP contribution in [0.5, 0.6) is 5.75 Å². The van der Waals surface area contributed by atoms with E-state index < -0.39 is 5.97 Å². The van der Waals surface area contributed by atoms with Crippen molar-refractivity contribution in [2.45, 2.75) is 12.5 Å². The molecule has 4 nitrogen and oxygen atoms in total. The zero-order valence-electron chi connectivity index (χ0n) is 12.2. The molecule has 0 aromatic heterocycles. The zero-order chi connectivity index (χ0) is 15.2. The molecule has 2 aromatic carbocycles. The molecule has 0 spiro atoms. The van der Waals surface area contributed by atoms with Crippen molar-refractivity contribution in [2.75, 3.05) is 19.8 Å². The zero-order valence-corrected chi connectivity index (χ0v) is 12.2. The quantitative estimate of drug-likeness (QED) is 0.628. The monoisotopic (exact) mass is 298 g/mol. The third-order valence-electron chi connectivity index (χ3n) is 3.52. The summed E-state index contributed by atoms with van der Waals surface area (Å²) in [5, 5.41) is 0. The minimum Gasteiger partial charge on any atom is -0.424 e. The van der Waals surface area contributed by atoms with Crippen LogP contribution in [0.3, 0.4) is 0 Å². The van der Waals surface area contributed by atoms with Gasteiger partial charge >= 0.3 is 5.97 Å². The Kier molecular flexibility index (Phi) is 4.83. The Hall–Kier alpha value is -2.17. The second-order valence-corrected chi connectivity index (χ2v) is 5.13. The number of esters is 1. The van der Waals surface area contributed by atoms with E-state index in [9.17, 15) is 4.79 Å². The van der Waals surface area contributed by atoms with Crippen LogP contribution < -0.4 is 4.74 Å². The number of carbonyl (C=O) groups is 1. The number of carbonyl (C=O) groups excluding carboxylic acids is 1. The molecule has 3 rings (SSSR count). The van der Waals surface area contributed by atoms with Gasteiger partial charge in [0.2, 0.25) is 0 Å². The SMILES string of the molecule is O=C(CO[C@@H]1CCOC1)Oc1ccccc1-c1ccccc1. The first-order chi connectivity index (χ1) is 10.8. The number of rotatable bonds is 5. The van der Waals surface area contributed by atoms with Crippen molar-refractivity contribution in [2.24, 2.45) is 0 Å². The van der Waals surface area contributed by atoms with Crippen molar-refractivity contribution in [3.8, 4) is 16.9 Å². The lowest BCUT2D eigenvalue weighted by Gasteiger charge is -2.12. The van der Waals surface area contributed by atoms with E-state index in [1.165, 1.54) is 0 Å².